The van der Waals surface area contributed by atoms with Crippen LogP contribution in [0.1, 0.15) is 34.6 Å². The maximum absolute atomic E-state index is 12.2. The van der Waals surface area contributed by atoms with Crippen molar-refractivity contribution in [3.05, 3.63) is 0 Å². The monoisotopic (exact) mass is 314 g/mol. The molecule has 0 saturated carbocycles. The van der Waals surface area contributed by atoms with Gasteiger partial charge in [0.05, 0.1) is 0 Å². The van der Waals surface area contributed by atoms with E-state index in [1.54, 1.807) is 4.90 Å². The first-order chi connectivity index (χ1) is 10.3. The van der Waals surface area contributed by atoms with Gasteiger partial charge in [-0.1, -0.05) is 13.8 Å². The molecular formula is C16H34N4O2. The van der Waals surface area contributed by atoms with E-state index in [1.807, 2.05) is 20.8 Å². The fourth-order valence-electron chi connectivity index (χ4n) is 2.71. The van der Waals surface area contributed by atoms with Gasteiger partial charge in [0, 0.05) is 45.3 Å². The van der Waals surface area contributed by atoms with Gasteiger partial charge in [-0.25, -0.2) is 4.79 Å². The average Bonchev–Trinajstić information content (AvgIpc) is 2.46. The second-order valence-electron chi connectivity index (χ2n) is 6.88. The van der Waals surface area contributed by atoms with Crippen LogP contribution in [-0.4, -0.2) is 84.8 Å². The summed E-state index contributed by atoms with van der Waals surface area (Å²) < 4.78 is 5.46. The molecule has 130 valence electrons. The van der Waals surface area contributed by atoms with Gasteiger partial charge in [-0.15, -0.1) is 0 Å². The molecule has 0 aromatic rings. The summed E-state index contributed by atoms with van der Waals surface area (Å²) in [6.45, 7) is 17.1. The summed E-state index contributed by atoms with van der Waals surface area (Å²) in [6.07, 6.45) is -0.227. The third-order valence-electron chi connectivity index (χ3n) is 4.13. The maximum Gasteiger partial charge on any atom is 0.410 e. The molecule has 1 amide bonds. The Kier molecular flexibility index (Phi) is 7.59. The summed E-state index contributed by atoms with van der Waals surface area (Å²) >= 11 is 0. The number of hydrogen-bond acceptors (Lipinski definition) is 5. The molecule has 1 aliphatic heterocycles. The largest absolute Gasteiger partial charge is 0.444 e. The Morgan fingerprint density at radius 2 is 1.91 bits per heavy atom. The molecule has 0 spiro atoms. The minimum atomic E-state index is -0.449. The number of amides is 1. The molecule has 1 aliphatic rings. The zero-order chi connectivity index (χ0) is 16.8. The Balaban J connectivity index is 2.51. The number of nitrogens with zero attached hydrogens (tertiary/aromatic N) is 3. The minimum absolute atomic E-state index is 0.219. The first kappa shape index (κ1) is 19.2. The molecule has 1 saturated heterocycles. The fraction of sp³-hybridized carbons (Fsp3) is 0.938. The molecule has 2 N–H and O–H groups in total. The Labute approximate surface area is 135 Å². The number of piperazine rings is 1. The summed E-state index contributed by atoms with van der Waals surface area (Å²) in [5, 5.41) is 0. The zero-order valence-corrected chi connectivity index (χ0v) is 15.0. The molecule has 0 bridgehead atoms. The zero-order valence-electron chi connectivity index (χ0n) is 15.0. The predicted molar refractivity (Wildman–Crippen MR) is 90.0 cm³/mol. The Morgan fingerprint density at radius 1 is 1.27 bits per heavy atom. The first-order valence-electron chi connectivity index (χ1n) is 8.45. The van der Waals surface area contributed by atoms with Gasteiger partial charge >= 0.3 is 6.09 Å². The average molecular weight is 314 g/mol. The quantitative estimate of drug-likeness (QED) is 0.798. The van der Waals surface area contributed by atoms with Gasteiger partial charge < -0.3 is 20.3 Å². The highest BCUT2D eigenvalue weighted by Crippen LogP contribution is 2.14. The van der Waals surface area contributed by atoms with Gasteiger partial charge in [0.15, 0.2) is 0 Å². The summed E-state index contributed by atoms with van der Waals surface area (Å²) in [6, 6.07) is 0.219. The number of nitrogens with two attached hydrogens (primary N) is 1. The molecular weight excluding hydrogens is 280 g/mol. The Morgan fingerprint density at radius 3 is 2.41 bits per heavy atom. The smallest absolute Gasteiger partial charge is 0.410 e. The Bertz CT molecular complexity index is 340. The highest BCUT2D eigenvalue weighted by Gasteiger charge is 2.31. The van der Waals surface area contributed by atoms with Crippen LogP contribution in [0.25, 0.3) is 0 Å². The van der Waals surface area contributed by atoms with Crippen LogP contribution < -0.4 is 5.73 Å². The van der Waals surface area contributed by atoms with Crippen LogP contribution >= 0.6 is 0 Å². The van der Waals surface area contributed by atoms with E-state index in [4.69, 9.17) is 10.5 Å². The van der Waals surface area contributed by atoms with E-state index >= 15 is 0 Å². The predicted octanol–water partition coefficient (Wildman–Crippen LogP) is 1.21. The van der Waals surface area contributed by atoms with Gasteiger partial charge in [-0.05, 0) is 33.9 Å². The molecule has 0 aromatic heterocycles. The van der Waals surface area contributed by atoms with Crippen molar-refractivity contribution in [2.24, 2.45) is 5.73 Å². The normalized spacial score (nSPS) is 20.5. The number of hydrogen-bond donors (Lipinski definition) is 1. The lowest BCUT2D eigenvalue weighted by molar-refractivity contribution is 0.00369. The summed E-state index contributed by atoms with van der Waals surface area (Å²) in [4.78, 5) is 18.8. The van der Waals surface area contributed by atoms with Crippen molar-refractivity contribution < 1.29 is 9.53 Å². The minimum Gasteiger partial charge on any atom is -0.444 e. The lowest BCUT2D eigenvalue weighted by Crippen LogP contribution is -2.58. The second kappa shape index (κ2) is 8.70. The molecule has 1 rings (SSSR count). The molecule has 1 fully saturated rings. The van der Waals surface area contributed by atoms with Crippen molar-refractivity contribution in [2.75, 3.05) is 52.4 Å². The third kappa shape index (κ3) is 6.10. The van der Waals surface area contributed by atoms with Crippen LogP contribution in [0, 0.1) is 0 Å². The van der Waals surface area contributed by atoms with Gasteiger partial charge in [-0.3, -0.25) is 4.90 Å². The van der Waals surface area contributed by atoms with Crippen LogP contribution in [-0.2, 0) is 4.74 Å². The van der Waals surface area contributed by atoms with Crippen molar-refractivity contribution in [3.63, 3.8) is 0 Å². The summed E-state index contributed by atoms with van der Waals surface area (Å²) in [5.41, 5.74) is 5.47. The molecule has 1 unspecified atom stereocenters. The second-order valence-corrected chi connectivity index (χ2v) is 6.88. The fourth-order valence-corrected chi connectivity index (χ4v) is 2.71. The van der Waals surface area contributed by atoms with Gasteiger partial charge in [0.1, 0.15) is 5.60 Å². The van der Waals surface area contributed by atoms with E-state index in [0.29, 0.717) is 19.6 Å². The van der Waals surface area contributed by atoms with E-state index in [0.717, 1.165) is 32.7 Å². The van der Waals surface area contributed by atoms with E-state index in [1.165, 1.54) is 0 Å². The van der Waals surface area contributed by atoms with Gasteiger partial charge in [0.2, 0.25) is 0 Å². The highest BCUT2D eigenvalue weighted by molar-refractivity contribution is 5.68. The van der Waals surface area contributed by atoms with Crippen LogP contribution in [0.2, 0.25) is 0 Å². The number of carbonyl (C=O) groups excluding carboxylic acids is 1. The molecule has 0 aliphatic carbocycles. The van der Waals surface area contributed by atoms with Crippen LogP contribution in [0.4, 0.5) is 4.79 Å². The van der Waals surface area contributed by atoms with Crippen molar-refractivity contribution in [2.45, 2.75) is 46.3 Å². The number of rotatable bonds is 6. The third-order valence-corrected chi connectivity index (χ3v) is 4.13. The maximum atomic E-state index is 12.2. The molecule has 0 aromatic carbocycles. The topological polar surface area (TPSA) is 62.0 Å². The van der Waals surface area contributed by atoms with Crippen molar-refractivity contribution in [1.82, 2.24) is 14.7 Å². The van der Waals surface area contributed by atoms with E-state index in [-0.39, 0.29) is 12.1 Å². The number of likely N-dealkylation sites (N-methyl/N-ethyl adjacent to an activating group) is 1. The molecule has 6 nitrogen and oxygen atoms in total. The van der Waals surface area contributed by atoms with Gasteiger partial charge in [0.25, 0.3) is 0 Å². The summed E-state index contributed by atoms with van der Waals surface area (Å²) in [7, 11) is 0. The van der Waals surface area contributed by atoms with Crippen molar-refractivity contribution in [3.8, 4) is 0 Å². The SMILES string of the molecule is CCN(CC)CCN1CCN(C(=O)OC(C)(C)C)CC1CN. The standard InChI is InChI=1S/C16H34N4O2/c1-6-18(7-2)8-9-19-10-11-20(13-14(19)12-17)15(21)22-16(3,4)5/h14H,6-13,17H2,1-5H3. The Hall–Kier alpha value is -0.850. The van der Waals surface area contributed by atoms with E-state index in [2.05, 4.69) is 23.6 Å². The molecule has 22 heavy (non-hydrogen) atoms. The van der Waals surface area contributed by atoms with Crippen LogP contribution in [0.3, 0.4) is 0 Å². The molecule has 1 heterocycles. The van der Waals surface area contributed by atoms with Crippen molar-refractivity contribution >= 4 is 6.09 Å². The molecule has 0 radical (unpaired) electrons. The van der Waals surface area contributed by atoms with E-state index < -0.39 is 5.60 Å². The lowest BCUT2D eigenvalue weighted by atomic mass is 10.1. The number of carbonyl (C=O) groups is 1. The molecule has 1 atom stereocenters. The molecule has 6 heteroatoms. The first-order valence-corrected chi connectivity index (χ1v) is 8.45. The number of ether oxygens (including phenoxy) is 1. The van der Waals surface area contributed by atoms with Crippen LogP contribution in [0.5, 0.6) is 0 Å². The van der Waals surface area contributed by atoms with E-state index in [9.17, 15) is 4.79 Å². The highest BCUT2D eigenvalue weighted by atomic mass is 16.6. The van der Waals surface area contributed by atoms with Crippen molar-refractivity contribution in [1.29, 1.82) is 0 Å². The lowest BCUT2D eigenvalue weighted by Gasteiger charge is -2.41. The van der Waals surface area contributed by atoms with Gasteiger partial charge in [-0.2, -0.15) is 0 Å². The summed E-state index contributed by atoms with van der Waals surface area (Å²) in [5.74, 6) is 0. The van der Waals surface area contributed by atoms with Crippen LogP contribution in [0.15, 0.2) is 0 Å².